The maximum Gasteiger partial charge on any atom is 0.319 e. The smallest absolute Gasteiger partial charge is 0.319 e. The normalized spacial score (nSPS) is 10.0. The molecule has 2 N–H and O–H groups in total. The maximum atomic E-state index is 11.7. The lowest BCUT2D eigenvalue weighted by Gasteiger charge is -2.09. The Kier molecular flexibility index (Phi) is 4.82. The highest BCUT2D eigenvalue weighted by Gasteiger charge is 2.04. The topological polar surface area (TPSA) is 41.1 Å². The third kappa shape index (κ3) is 4.26. The van der Waals surface area contributed by atoms with Gasteiger partial charge in [0, 0.05) is 16.0 Å². The van der Waals surface area contributed by atoms with Gasteiger partial charge in [-0.3, -0.25) is 0 Å². The number of hydrogen-bond donors (Lipinski definition) is 2. The number of para-hydroxylation sites is 1. The second-order valence-electron chi connectivity index (χ2n) is 3.92. The van der Waals surface area contributed by atoms with Gasteiger partial charge in [0.05, 0.1) is 5.69 Å². The minimum Gasteiger partial charge on any atom is -0.334 e. The van der Waals surface area contributed by atoms with Crippen LogP contribution >= 0.6 is 27.5 Å². The minimum atomic E-state index is -0.258. The molecule has 98 valence electrons. The molecule has 5 heteroatoms. The van der Waals surface area contributed by atoms with Gasteiger partial charge in [0.25, 0.3) is 0 Å². The molecule has 2 aromatic carbocycles. The van der Waals surface area contributed by atoms with Crippen molar-refractivity contribution in [1.29, 1.82) is 0 Å². The Balaban J connectivity index is 1.90. The third-order valence-corrected chi connectivity index (χ3v) is 3.39. The quantitative estimate of drug-likeness (QED) is 0.853. The number of rotatable bonds is 3. The van der Waals surface area contributed by atoms with Gasteiger partial charge in [-0.2, -0.15) is 0 Å². The number of hydrogen-bond acceptors (Lipinski definition) is 1. The van der Waals surface area contributed by atoms with Gasteiger partial charge in [0.15, 0.2) is 0 Å². The summed E-state index contributed by atoms with van der Waals surface area (Å²) in [5.74, 6) is 0. The number of urea groups is 1. The summed E-state index contributed by atoms with van der Waals surface area (Å²) in [7, 11) is 0. The van der Waals surface area contributed by atoms with Crippen molar-refractivity contribution in [3.05, 3.63) is 63.6 Å². The fourth-order valence-electron chi connectivity index (χ4n) is 1.56. The highest BCUT2D eigenvalue weighted by Crippen LogP contribution is 2.20. The Morgan fingerprint density at radius 2 is 1.95 bits per heavy atom. The van der Waals surface area contributed by atoms with Crippen molar-refractivity contribution in [2.45, 2.75) is 6.54 Å². The summed E-state index contributed by atoms with van der Waals surface area (Å²) < 4.78 is 0.841. The molecule has 3 nitrogen and oxygen atoms in total. The number of carbonyl (C=O) groups excluding carboxylic acids is 1. The Hall–Kier alpha value is -1.52. The zero-order valence-corrected chi connectivity index (χ0v) is 12.3. The van der Waals surface area contributed by atoms with Gasteiger partial charge in [0.1, 0.15) is 0 Å². The van der Waals surface area contributed by atoms with Crippen LogP contribution in [-0.2, 0) is 6.54 Å². The van der Waals surface area contributed by atoms with Gasteiger partial charge < -0.3 is 10.6 Å². The number of anilines is 1. The van der Waals surface area contributed by atoms with E-state index in [9.17, 15) is 4.79 Å². The van der Waals surface area contributed by atoms with E-state index in [0.717, 1.165) is 15.7 Å². The molecule has 0 bridgehead atoms. The van der Waals surface area contributed by atoms with E-state index in [1.807, 2.05) is 42.5 Å². The average Bonchev–Trinajstić information content (AvgIpc) is 2.39. The van der Waals surface area contributed by atoms with Gasteiger partial charge in [-0.25, -0.2) is 4.79 Å². The number of benzene rings is 2. The van der Waals surface area contributed by atoms with Crippen molar-refractivity contribution in [3.63, 3.8) is 0 Å². The number of carbonyl (C=O) groups is 1. The highest BCUT2D eigenvalue weighted by atomic mass is 79.9. The predicted octanol–water partition coefficient (Wildman–Crippen LogP) is 4.42. The number of amides is 2. The maximum absolute atomic E-state index is 11.7. The van der Waals surface area contributed by atoms with E-state index >= 15 is 0 Å². The molecule has 2 rings (SSSR count). The average molecular weight is 340 g/mol. The number of nitrogens with one attached hydrogen (secondary N) is 2. The van der Waals surface area contributed by atoms with Crippen LogP contribution in [0.3, 0.4) is 0 Å². The van der Waals surface area contributed by atoms with Gasteiger partial charge in [-0.15, -0.1) is 0 Å². The molecule has 0 spiro atoms. The SMILES string of the molecule is O=C(NCc1cccc(Cl)c1)Nc1ccccc1Br. The Labute approximate surface area is 125 Å². The lowest BCUT2D eigenvalue weighted by atomic mass is 10.2. The second kappa shape index (κ2) is 6.59. The Morgan fingerprint density at radius 1 is 1.16 bits per heavy atom. The van der Waals surface area contributed by atoms with Crippen LogP contribution in [0.25, 0.3) is 0 Å². The van der Waals surface area contributed by atoms with E-state index in [4.69, 9.17) is 11.6 Å². The first-order chi connectivity index (χ1) is 9.15. The fraction of sp³-hybridized carbons (Fsp3) is 0.0714. The summed E-state index contributed by atoms with van der Waals surface area (Å²) in [6.07, 6.45) is 0. The van der Waals surface area contributed by atoms with Crippen LogP contribution < -0.4 is 10.6 Å². The molecule has 2 aromatic rings. The van der Waals surface area contributed by atoms with Gasteiger partial charge in [-0.1, -0.05) is 35.9 Å². The van der Waals surface area contributed by atoms with Crippen LogP contribution in [0.4, 0.5) is 10.5 Å². The summed E-state index contributed by atoms with van der Waals surface area (Å²) in [6, 6.07) is 14.6. The highest BCUT2D eigenvalue weighted by molar-refractivity contribution is 9.10. The standard InChI is InChI=1S/C14H12BrClN2O/c15-12-6-1-2-7-13(12)18-14(19)17-9-10-4-3-5-11(16)8-10/h1-8H,9H2,(H2,17,18,19). The van der Waals surface area contributed by atoms with Gasteiger partial charge in [-0.05, 0) is 45.8 Å². The largest absolute Gasteiger partial charge is 0.334 e. The molecule has 2 amide bonds. The molecule has 0 unspecified atom stereocenters. The molecule has 0 saturated heterocycles. The van der Waals surface area contributed by atoms with Crippen molar-refractivity contribution in [3.8, 4) is 0 Å². The monoisotopic (exact) mass is 338 g/mol. The van der Waals surface area contributed by atoms with Crippen molar-refractivity contribution < 1.29 is 4.79 Å². The van der Waals surface area contributed by atoms with E-state index in [1.165, 1.54) is 0 Å². The molecule has 0 saturated carbocycles. The van der Waals surface area contributed by atoms with Crippen molar-refractivity contribution in [1.82, 2.24) is 5.32 Å². The van der Waals surface area contributed by atoms with E-state index in [2.05, 4.69) is 26.6 Å². The molecular formula is C14H12BrClN2O. The van der Waals surface area contributed by atoms with E-state index in [1.54, 1.807) is 6.07 Å². The first-order valence-corrected chi connectivity index (χ1v) is 6.86. The van der Waals surface area contributed by atoms with Gasteiger partial charge >= 0.3 is 6.03 Å². The lowest BCUT2D eigenvalue weighted by Crippen LogP contribution is -2.28. The van der Waals surface area contributed by atoms with Crippen LogP contribution in [0.15, 0.2) is 53.0 Å². The summed E-state index contributed by atoms with van der Waals surface area (Å²) >= 11 is 9.25. The second-order valence-corrected chi connectivity index (χ2v) is 5.21. The molecule has 0 radical (unpaired) electrons. The fourth-order valence-corrected chi connectivity index (χ4v) is 2.16. The van der Waals surface area contributed by atoms with Crippen LogP contribution in [0.1, 0.15) is 5.56 Å². The molecule has 0 aliphatic heterocycles. The minimum absolute atomic E-state index is 0.258. The zero-order chi connectivity index (χ0) is 13.7. The van der Waals surface area contributed by atoms with Gasteiger partial charge in [0.2, 0.25) is 0 Å². The van der Waals surface area contributed by atoms with Crippen LogP contribution in [0.2, 0.25) is 5.02 Å². The molecule has 0 aliphatic rings. The first kappa shape index (κ1) is 13.9. The molecule has 0 atom stereocenters. The van der Waals surface area contributed by atoms with Crippen molar-refractivity contribution in [2.24, 2.45) is 0 Å². The zero-order valence-electron chi connectivity index (χ0n) is 9.99. The summed E-state index contributed by atoms with van der Waals surface area (Å²) in [6.45, 7) is 0.427. The molecule has 0 fully saturated rings. The summed E-state index contributed by atoms with van der Waals surface area (Å²) in [4.78, 5) is 11.7. The Morgan fingerprint density at radius 3 is 2.68 bits per heavy atom. The van der Waals surface area contributed by atoms with Crippen LogP contribution in [-0.4, -0.2) is 6.03 Å². The summed E-state index contributed by atoms with van der Waals surface area (Å²) in [5.41, 5.74) is 1.68. The lowest BCUT2D eigenvalue weighted by molar-refractivity contribution is 0.251. The predicted molar refractivity (Wildman–Crippen MR) is 81.5 cm³/mol. The van der Waals surface area contributed by atoms with E-state index in [-0.39, 0.29) is 6.03 Å². The molecule has 19 heavy (non-hydrogen) atoms. The Bertz CT molecular complexity index is 589. The molecule has 0 heterocycles. The van der Waals surface area contributed by atoms with Crippen LogP contribution in [0, 0.1) is 0 Å². The van der Waals surface area contributed by atoms with E-state index in [0.29, 0.717) is 11.6 Å². The first-order valence-electron chi connectivity index (χ1n) is 5.69. The molecule has 0 aromatic heterocycles. The summed E-state index contributed by atoms with van der Waals surface area (Å²) in [5, 5.41) is 6.20. The molecular weight excluding hydrogens is 328 g/mol. The number of halogens is 2. The molecule has 0 aliphatic carbocycles. The van der Waals surface area contributed by atoms with Crippen LogP contribution in [0.5, 0.6) is 0 Å². The van der Waals surface area contributed by atoms with Crippen molar-refractivity contribution >= 4 is 39.2 Å². The third-order valence-electron chi connectivity index (χ3n) is 2.46. The van der Waals surface area contributed by atoms with E-state index < -0.39 is 0 Å². The van der Waals surface area contributed by atoms with Crippen molar-refractivity contribution in [2.75, 3.05) is 5.32 Å².